The highest BCUT2D eigenvalue weighted by Gasteiger charge is 2.31. The summed E-state index contributed by atoms with van der Waals surface area (Å²) < 4.78 is 1.89. The van der Waals surface area contributed by atoms with Crippen LogP contribution in [0.15, 0.2) is 42.0 Å². The zero-order valence-electron chi connectivity index (χ0n) is 12.6. The molecule has 0 aromatic carbocycles. The topological polar surface area (TPSA) is 66.8 Å². The smallest absolute Gasteiger partial charge is 0.274 e. The Balaban J connectivity index is 1.51. The minimum Gasteiger partial charge on any atom is -0.332 e. The zero-order chi connectivity index (χ0) is 15.6. The number of aromatic amines is 1. The molecule has 4 heterocycles. The highest BCUT2D eigenvalue weighted by atomic mass is 32.1. The summed E-state index contributed by atoms with van der Waals surface area (Å²) in [5.41, 5.74) is 1.38. The van der Waals surface area contributed by atoms with Gasteiger partial charge in [-0.25, -0.2) is 0 Å². The van der Waals surface area contributed by atoms with Gasteiger partial charge in [-0.2, -0.15) is 10.2 Å². The Kier molecular flexibility index (Phi) is 3.70. The third kappa shape index (κ3) is 2.79. The number of carbonyl (C=O) groups excluding carboxylic acids is 1. The van der Waals surface area contributed by atoms with Crippen molar-refractivity contribution in [2.45, 2.75) is 25.4 Å². The normalized spacial score (nSPS) is 17.7. The lowest BCUT2D eigenvalue weighted by molar-refractivity contribution is 0.0715. The van der Waals surface area contributed by atoms with Gasteiger partial charge >= 0.3 is 0 Å². The molecule has 1 saturated heterocycles. The summed E-state index contributed by atoms with van der Waals surface area (Å²) in [6.45, 7) is 1.52. The van der Waals surface area contributed by atoms with Crippen LogP contribution in [0.2, 0.25) is 0 Å². The standard InChI is InChI=1S/C16H17N5OS/c22-16(14-10-13(18-19-14)15-5-2-9-23-15)21-8-1-4-12(21)11-20-7-3-6-17-20/h2-3,5-7,9-10,12H,1,4,8,11H2,(H,18,19). The first-order chi connectivity index (χ1) is 11.3. The van der Waals surface area contributed by atoms with Crippen LogP contribution in [0.3, 0.4) is 0 Å². The van der Waals surface area contributed by atoms with Gasteiger partial charge in [0.05, 0.1) is 23.2 Å². The first kappa shape index (κ1) is 14.2. The Morgan fingerprint density at radius 1 is 1.43 bits per heavy atom. The van der Waals surface area contributed by atoms with E-state index in [1.54, 1.807) is 17.5 Å². The van der Waals surface area contributed by atoms with Gasteiger partial charge in [0, 0.05) is 18.9 Å². The molecular formula is C16H17N5OS. The molecule has 0 bridgehead atoms. The molecule has 3 aromatic heterocycles. The van der Waals surface area contributed by atoms with Crippen molar-refractivity contribution < 1.29 is 4.79 Å². The molecule has 0 saturated carbocycles. The van der Waals surface area contributed by atoms with Gasteiger partial charge in [0.2, 0.25) is 0 Å². The van der Waals surface area contributed by atoms with Crippen LogP contribution in [0, 0.1) is 0 Å². The summed E-state index contributed by atoms with van der Waals surface area (Å²) in [5.74, 6) is -0.00119. The van der Waals surface area contributed by atoms with E-state index < -0.39 is 0 Å². The second-order valence-corrected chi connectivity index (χ2v) is 6.61. The second kappa shape index (κ2) is 6.00. The van der Waals surface area contributed by atoms with Crippen LogP contribution in [0.4, 0.5) is 0 Å². The molecule has 0 aliphatic carbocycles. The van der Waals surface area contributed by atoms with E-state index in [2.05, 4.69) is 15.3 Å². The number of hydrogen-bond donors (Lipinski definition) is 1. The van der Waals surface area contributed by atoms with Crippen molar-refractivity contribution in [3.63, 3.8) is 0 Å². The number of nitrogens with zero attached hydrogens (tertiary/aromatic N) is 4. The average molecular weight is 327 g/mol. The van der Waals surface area contributed by atoms with E-state index in [-0.39, 0.29) is 11.9 Å². The van der Waals surface area contributed by atoms with Crippen LogP contribution < -0.4 is 0 Å². The number of aromatic nitrogens is 4. The molecule has 1 aliphatic heterocycles. The SMILES string of the molecule is O=C(c1cc(-c2cccs2)[nH]n1)N1CCCC1Cn1cccn1. The Morgan fingerprint density at radius 3 is 3.17 bits per heavy atom. The van der Waals surface area contributed by atoms with Crippen LogP contribution >= 0.6 is 11.3 Å². The lowest BCUT2D eigenvalue weighted by Gasteiger charge is -2.23. The van der Waals surface area contributed by atoms with Crippen molar-refractivity contribution in [3.05, 3.63) is 47.7 Å². The molecule has 1 aliphatic rings. The largest absolute Gasteiger partial charge is 0.332 e. The van der Waals surface area contributed by atoms with Crippen molar-refractivity contribution in [2.24, 2.45) is 0 Å². The number of H-pyrrole nitrogens is 1. The summed E-state index contributed by atoms with van der Waals surface area (Å²) in [4.78, 5) is 15.8. The molecule has 4 rings (SSSR count). The molecule has 1 fully saturated rings. The minimum absolute atomic E-state index is 0.00119. The van der Waals surface area contributed by atoms with E-state index in [4.69, 9.17) is 0 Å². The molecule has 1 atom stereocenters. The number of rotatable bonds is 4. The molecule has 0 spiro atoms. The summed E-state index contributed by atoms with van der Waals surface area (Å²) in [5, 5.41) is 13.4. The first-order valence-electron chi connectivity index (χ1n) is 7.69. The fraction of sp³-hybridized carbons (Fsp3) is 0.312. The van der Waals surface area contributed by atoms with Crippen molar-refractivity contribution >= 4 is 17.2 Å². The van der Waals surface area contributed by atoms with E-state index in [1.807, 2.05) is 45.4 Å². The number of likely N-dealkylation sites (tertiary alicyclic amines) is 1. The number of amides is 1. The van der Waals surface area contributed by atoms with Gasteiger partial charge in [0.1, 0.15) is 0 Å². The molecule has 118 valence electrons. The molecule has 23 heavy (non-hydrogen) atoms. The molecule has 1 N–H and O–H groups in total. The first-order valence-corrected chi connectivity index (χ1v) is 8.57. The van der Waals surface area contributed by atoms with Gasteiger partial charge < -0.3 is 4.90 Å². The molecule has 1 unspecified atom stereocenters. The number of carbonyl (C=O) groups is 1. The van der Waals surface area contributed by atoms with Crippen LogP contribution in [-0.4, -0.2) is 43.4 Å². The molecule has 1 amide bonds. The maximum absolute atomic E-state index is 12.8. The zero-order valence-corrected chi connectivity index (χ0v) is 13.4. The maximum Gasteiger partial charge on any atom is 0.274 e. The third-order valence-electron chi connectivity index (χ3n) is 4.18. The fourth-order valence-electron chi connectivity index (χ4n) is 3.05. The van der Waals surface area contributed by atoms with E-state index >= 15 is 0 Å². The van der Waals surface area contributed by atoms with Crippen molar-refractivity contribution in [1.29, 1.82) is 0 Å². The van der Waals surface area contributed by atoms with E-state index in [1.165, 1.54) is 0 Å². The lowest BCUT2D eigenvalue weighted by atomic mass is 10.2. The van der Waals surface area contributed by atoms with Gasteiger partial charge in [0.15, 0.2) is 5.69 Å². The van der Waals surface area contributed by atoms with Gasteiger partial charge in [-0.15, -0.1) is 11.3 Å². The van der Waals surface area contributed by atoms with Gasteiger partial charge in [0.25, 0.3) is 5.91 Å². The predicted molar refractivity (Wildman–Crippen MR) is 88.2 cm³/mol. The summed E-state index contributed by atoms with van der Waals surface area (Å²) in [6.07, 6.45) is 5.74. The van der Waals surface area contributed by atoms with E-state index in [0.717, 1.165) is 36.5 Å². The molecular weight excluding hydrogens is 310 g/mol. The quantitative estimate of drug-likeness (QED) is 0.801. The molecule has 7 heteroatoms. The van der Waals surface area contributed by atoms with Gasteiger partial charge in [-0.1, -0.05) is 6.07 Å². The Bertz CT molecular complexity index is 777. The third-order valence-corrected chi connectivity index (χ3v) is 5.08. The number of hydrogen-bond acceptors (Lipinski definition) is 4. The number of thiophene rings is 1. The minimum atomic E-state index is -0.00119. The van der Waals surface area contributed by atoms with Crippen molar-refractivity contribution in [3.8, 4) is 10.6 Å². The van der Waals surface area contributed by atoms with Crippen LogP contribution in [0.25, 0.3) is 10.6 Å². The van der Waals surface area contributed by atoms with E-state index in [9.17, 15) is 4.79 Å². The summed E-state index contributed by atoms with van der Waals surface area (Å²) in [7, 11) is 0. The molecule has 0 radical (unpaired) electrons. The lowest BCUT2D eigenvalue weighted by Crippen LogP contribution is -2.38. The maximum atomic E-state index is 12.8. The summed E-state index contributed by atoms with van der Waals surface area (Å²) in [6, 6.07) is 7.94. The number of nitrogens with one attached hydrogen (secondary N) is 1. The van der Waals surface area contributed by atoms with Crippen LogP contribution in [0.1, 0.15) is 23.3 Å². The monoisotopic (exact) mass is 327 g/mol. The van der Waals surface area contributed by atoms with Gasteiger partial charge in [-0.05, 0) is 36.4 Å². The Labute approximate surface area is 137 Å². The molecule has 3 aromatic rings. The second-order valence-electron chi connectivity index (χ2n) is 5.67. The van der Waals surface area contributed by atoms with E-state index in [0.29, 0.717) is 5.69 Å². The molecule has 6 nitrogen and oxygen atoms in total. The highest BCUT2D eigenvalue weighted by molar-refractivity contribution is 7.13. The van der Waals surface area contributed by atoms with Crippen molar-refractivity contribution in [1.82, 2.24) is 24.9 Å². The Morgan fingerprint density at radius 2 is 2.39 bits per heavy atom. The predicted octanol–water partition coefficient (Wildman–Crippen LogP) is 2.64. The average Bonchev–Trinajstić information content (AvgIpc) is 3.33. The van der Waals surface area contributed by atoms with Crippen LogP contribution in [-0.2, 0) is 6.54 Å². The van der Waals surface area contributed by atoms with Crippen LogP contribution in [0.5, 0.6) is 0 Å². The van der Waals surface area contributed by atoms with Crippen molar-refractivity contribution in [2.75, 3.05) is 6.54 Å². The Hall–Kier alpha value is -2.41. The highest BCUT2D eigenvalue weighted by Crippen LogP contribution is 2.25. The van der Waals surface area contributed by atoms with Gasteiger partial charge in [-0.3, -0.25) is 14.6 Å². The summed E-state index contributed by atoms with van der Waals surface area (Å²) >= 11 is 1.63. The fourth-order valence-corrected chi connectivity index (χ4v) is 3.75.